The smallest absolute Gasteiger partial charge is 0.314 e. The summed E-state index contributed by atoms with van der Waals surface area (Å²) in [5, 5.41) is 25.1. The molecule has 0 atom stereocenters. The Hall–Kier alpha value is -0.610. The van der Waals surface area contributed by atoms with Gasteiger partial charge in [0.1, 0.15) is 5.41 Å². The van der Waals surface area contributed by atoms with Gasteiger partial charge in [0, 0.05) is 0 Å². The maximum absolute atomic E-state index is 10.2. The first-order chi connectivity index (χ1) is 4.06. The summed E-state index contributed by atoms with van der Waals surface area (Å²) in [7, 11) is 0. The average Bonchev–Trinajstić information content (AvgIpc) is 1.86. The number of rotatable bonds is 3. The maximum atomic E-state index is 10.2. The van der Waals surface area contributed by atoms with E-state index >= 15 is 0 Å². The predicted molar refractivity (Wildman–Crippen MR) is 36.6 cm³/mol. The molecule has 0 aliphatic rings. The Balaban J connectivity index is 0. The van der Waals surface area contributed by atoms with Crippen molar-refractivity contribution in [3.63, 3.8) is 0 Å². The fourth-order valence-electron chi connectivity index (χ4n) is 0.185. The summed E-state index contributed by atoms with van der Waals surface area (Å²) in [4.78, 5) is 10.2. The van der Waals surface area contributed by atoms with Crippen molar-refractivity contribution in [3.05, 3.63) is 0 Å². The number of aliphatic carboxylic acids is 1. The van der Waals surface area contributed by atoms with Crippen molar-refractivity contribution in [3.8, 4) is 0 Å². The molecule has 62 valence electrons. The summed E-state index contributed by atoms with van der Waals surface area (Å²) in [5.74, 6) is -1.19. The van der Waals surface area contributed by atoms with Crippen LogP contribution in [0.4, 0.5) is 0 Å². The topological polar surface area (TPSA) is 77.8 Å². The van der Waals surface area contributed by atoms with Crippen molar-refractivity contribution >= 4 is 5.97 Å². The van der Waals surface area contributed by atoms with Crippen molar-refractivity contribution in [2.75, 3.05) is 13.2 Å². The fourth-order valence-corrected chi connectivity index (χ4v) is 0.185. The highest BCUT2D eigenvalue weighted by Gasteiger charge is 2.31. The Kier molecular flexibility index (Phi) is 5.14. The van der Waals surface area contributed by atoms with Gasteiger partial charge in [0.25, 0.3) is 0 Å². The molecule has 0 aromatic rings. The van der Waals surface area contributed by atoms with Gasteiger partial charge in [-0.2, -0.15) is 0 Å². The van der Waals surface area contributed by atoms with Gasteiger partial charge in [-0.3, -0.25) is 4.79 Å². The van der Waals surface area contributed by atoms with Gasteiger partial charge in [0.2, 0.25) is 0 Å². The lowest BCUT2D eigenvalue weighted by atomic mass is 9.94. The first-order valence-electron chi connectivity index (χ1n) is 2.52. The van der Waals surface area contributed by atoms with Gasteiger partial charge in [-0.05, 0) is 6.92 Å². The van der Waals surface area contributed by atoms with Gasteiger partial charge < -0.3 is 15.3 Å². The molecule has 0 aromatic heterocycles. The van der Waals surface area contributed by atoms with Gasteiger partial charge in [-0.15, -0.1) is 0 Å². The van der Waals surface area contributed by atoms with Gasteiger partial charge in [0.15, 0.2) is 0 Å². The highest BCUT2D eigenvalue weighted by atomic mass is 16.4. The van der Waals surface area contributed by atoms with Crippen LogP contribution >= 0.6 is 0 Å². The molecule has 0 saturated heterocycles. The number of carboxylic acids is 1. The van der Waals surface area contributed by atoms with Gasteiger partial charge >= 0.3 is 5.97 Å². The number of hydrogen-bond donors (Lipinski definition) is 3. The van der Waals surface area contributed by atoms with E-state index in [1.165, 1.54) is 6.92 Å². The van der Waals surface area contributed by atoms with Crippen LogP contribution in [0.1, 0.15) is 14.4 Å². The van der Waals surface area contributed by atoms with Gasteiger partial charge in [-0.1, -0.05) is 7.43 Å². The minimum atomic E-state index is -1.39. The molecule has 3 N–H and O–H groups in total. The Bertz CT molecular complexity index is 106. The first kappa shape index (κ1) is 12.1. The average molecular weight is 150 g/mol. The van der Waals surface area contributed by atoms with E-state index in [1.807, 2.05) is 0 Å². The third kappa shape index (κ3) is 2.33. The maximum Gasteiger partial charge on any atom is 0.314 e. The summed E-state index contributed by atoms with van der Waals surface area (Å²) in [5.41, 5.74) is -1.39. The van der Waals surface area contributed by atoms with Crippen LogP contribution in [0, 0.1) is 5.41 Å². The van der Waals surface area contributed by atoms with E-state index in [4.69, 9.17) is 15.3 Å². The van der Waals surface area contributed by atoms with Crippen molar-refractivity contribution in [1.82, 2.24) is 0 Å². The Morgan fingerprint density at radius 3 is 1.70 bits per heavy atom. The van der Waals surface area contributed by atoms with E-state index in [2.05, 4.69) is 0 Å². The summed E-state index contributed by atoms with van der Waals surface area (Å²) in [6, 6.07) is 0. The third-order valence-corrected chi connectivity index (χ3v) is 1.21. The lowest BCUT2D eigenvalue weighted by molar-refractivity contribution is -0.152. The quantitative estimate of drug-likeness (QED) is 0.516. The Morgan fingerprint density at radius 2 is 1.70 bits per heavy atom. The molecule has 4 nitrogen and oxygen atoms in total. The number of aliphatic hydroxyl groups excluding tert-OH is 2. The molecule has 4 heteroatoms. The molecule has 0 spiro atoms. The predicted octanol–water partition coefficient (Wildman–Crippen LogP) is -0.302. The minimum Gasteiger partial charge on any atom is -0.481 e. The minimum absolute atomic E-state index is 0. The molecule has 0 radical (unpaired) electrons. The zero-order valence-electron chi connectivity index (χ0n) is 5.16. The van der Waals surface area contributed by atoms with E-state index in [-0.39, 0.29) is 7.43 Å². The van der Waals surface area contributed by atoms with Crippen LogP contribution in [0.2, 0.25) is 0 Å². The van der Waals surface area contributed by atoms with E-state index in [0.29, 0.717) is 0 Å². The SMILES string of the molecule is C.CC(CO)(CO)C(=O)O. The van der Waals surface area contributed by atoms with Crippen molar-refractivity contribution in [2.45, 2.75) is 14.4 Å². The molecule has 0 aliphatic heterocycles. The first-order valence-corrected chi connectivity index (χ1v) is 2.52. The summed E-state index contributed by atoms with van der Waals surface area (Å²) in [6.45, 7) is 0.187. The zero-order chi connectivity index (χ0) is 7.49. The molecule has 0 heterocycles. The van der Waals surface area contributed by atoms with Crippen LogP contribution in [0.25, 0.3) is 0 Å². The van der Waals surface area contributed by atoms with Crippen LogP contribution in [-0.4, -0.2) is 34.5 Å². The van der Waals surface area contributed by atoms with Gasteiger partial charge in [0.05, 0.1) is 13.2 Å². The largest absolute Gasteiger partial charge is 0.481 e. The van der Waals surface area contributed by atoms with Crippen molar-refractivity contribution in [2.24, 2.45) is 5.41 Å². The number of hydrogen-bond acceptors (Lipinski definition) is 3. The van der Waals surface area contributed by atoms with Crippen molar-refractivity contribution in [1.29, 1.82) is 0 Å². The van der Waals surface area contributed by atoms with E-state index < -0.39 is 24.6 Å². The normalized spacial score (nSPS) is 10.3. The van der Waals surface area contributed by atoms with Crippen LogP contribution < -0.4 is 0 Å². The molecule has 0 aromatic carbocycles. The molecule has 0 fully saturated rings. The number of aliphatic hydroxyl groups is 2. The molecule has 0 saturated carbocycles. The summed E-state index contributed by atoms with van der Waals surface area (Å²) in [6.07, 6.45) is 0. The second kappa shape index (κ2) is 4.24. The second-order valence-electron chi connectivity index (χ2n) is 2.18. The lowest BCUT2D eigenvalue weighted by Gasteiger charge is -2.17. The molecule has 10 heavy (non-hydrogen) atoms. The summed E-state index contributed by atoms with van der Waals surface area (Å²) >= 11 is 0. The molecule has 0 bridgehead atoms. The van der Waals surface area contributed by atoms with Crippen LogP contribution in [0.15, 0.2) is 0 Å². The second-order valence-corrected chi connectivity index (χ2v) is 2.18. The Morgan fingerprint density at radius 1 is 1.40 bits per heavy atom. The number of carboxylic acid groups (broad SMARTS) is 1. The summed E-state index contributed by atoms with van der Waals surface area (Å²) < 4.78 is 0. The molecule has 0 unspecified atom stereocenters. The Labute approximate surface area is 60.1 Å². The zero-order valence-corrected chi connectivity index (χ0v) is 5.16. The van der Waals surface area contributed by atoms with E-state index in [1.54, 1.807) is 0 Å². The molecular formula is C6H14O4. The van der Waals surface area contributed by atoms with E-state index in [9.17, 15) is 4.79 Å². The molecule has 0 aliphatic carbocycles. The highest BCUT2D eigenvalue weighted by molar-refractivity contribution is 5.74. The third-order valence-electron chi connectivity index (χ3n) is 1.21. The van der Waals surface area contributed by atoms with Crippen LogP contribution in [0.3, 0.4) is 0 Å². The van der Waals surface area contributed by atoms with Crippen molar-refractivity contribution < 1.29 is 20.1 Å². The lowest BCUT2D eigenvalue weighted by Crippen LogP contribution is -2.35. The standard InChI is InChI=1S/C5H10O4.CH4/c1-5(2-6,3-7)4(8)9;/h6-7H,2-3H2,1H3,(H,8,9);1H4. The highest BCUT2D eigenvalue weighted by Crippen LogP contribution is 2.12. The molecule has 0 rings (SSSR count). The number of carbonyl (C=O) groups is 1. The molecular weight excluding hydrogens is 136 g/mol. The van der Waals surface area contributed by atoms with Crippen LogP contribution in [0.5, 0.6) is 0 Å². The van der Waals surface area contributed by atoms with E-state index in [0.717, 1.165) is 0 Å². The van der Waals surface area contributed by atoms with Crippen LogP contribution in [-0.2, 0) is 4.79 Å². The monoisotopic (exact) mass is 150 g/mol. The fraction of sp³-hybridized carbons (Fsp3) is 0.833. The molecule has 0 amide bonds. The van der Waals surface area contributed by atoms with Gasteiger partial charge in [-0.25, -0.2) is 0 Å².